The molecule has 1 aliphatic rings. The highest BCUT2D eigenvalue weighted by Gasteiger charge is 2.25. The SMILES string of the molecule is N#CC(=O)CN1CCC[C@@H](Nc2nc(-c3cc4ccccn4n3)c(F)c(-c3ccc(C=O)cc3O)n2)C1. The number of piperidine rings is 1. The van der Waals surface area contributed by atoms with Crippen molar-refractivity contribution in [3.8, 4) is 34.5 Å². The van der Waals surface area contributed by atoms with E-state index in [0.717, 1.165) is 18.4 Å². The van der Waals surface area contributed by atoms with Crippen LogP contribution in [0.5, 0.6) is 5.75 Å². The van der Waals surface area contributed by atoms with Crippen molar-refractivity contribution >= 4 is 23.5 Å². The summed E-state index contributed by atoms with van der Waals surface area (Å²) in [5.74, 6) is -1.45. The lowest BCUT2D eigenvalue weighted by atomic mass is 10.0. The minimum atomic E-state index is -0.770. The average Bonchev–Trinajstić information content (AvgIpc) is 3.34. The van der Waals surface area contributed by atoms with E-state index in [4.69, 9.17) is 5.26 Å². The first-order chi connectivity index (χ1) is 17.9. The highest BCUT2D eigenvalue weighted by atomic mass is 19.1. The van der Waals surface area contributed by atoms with Crippen LogP contribution in [0.15, 0.2) is 48.7 Å². The van der Waals surface area contributed by atoms with E-state index in [2.05, 4.69) is 20.4 Å². The largest absolute Gasteiger partial charge is 0.507 e. The van der Waals surface area contributed by atoms with Crippen LogP contribution in [-0.2, 0) is 4.79 Å². The lowest BCUT2D eigenvalue weighted by Gasteiger charge is -2.32. The minimum absolute atomic E-state index is 0.0354. The number of benzene rings is 1. The van der Waals surface area contributed by atoms with Gasteiger partial charge in [-0.2, -0.15) is 10.4 Å². The zero-order valence-electron chi connectivity index (χ0n) is 19.6. The molecule has 1 atom stereocenters. The molecule has 0 spiro atoms. The monoisotopic (exact) mass is 499 g/mol. The Morgan fingerprint density at radius 3 is 2.84 bits per heavy atom. The van der Waals surface area contributed by atoms with Crippen LogP contribution in [0.2, 0.25) is 0 Å². The molecule has 1 aliphatic heterocycles. The Bertz CT molecular complexity index is 1510. The number of nitrogens with one attached hydrogen (secondary N) is 1. The standard InChI is InChI=1S/C26H22FN7O3/c27-23-24(20-7-6-16(15-35)10-22(20)37)30-26(29-17-4-3-8-33(13-17)14-19(36)12-28)31-25(23)21-11-18-5-1-2-9-34(18)32-21/h1-2,5-7,9-11,15,17,37H,3-4,8,13-14H2,(H,29,30,31)/t17-/m1/s1. The Balaban J connectivity index is 1.56. The molecule has 0 saturated carbocycles. The number of nitrogens with zero attached hydrogens (tertiary/aromatic N) is 6. The molecule has 4 heterocycles. The molecule has 0 bridgehead atoms. The Morgan fingerprint density at radius 1 is 1.24 bits per heavy atom. The number of rotatable bonds is 7. The van der Waals surface area contributed by atoms with Gasteiger partial charge in [0.2, 0.25) is 11.7 Å². The number of likely N-dealkylation sites (tertiary alicyclic amines) is 1. The molecule has 186 valence electrons. The molecule has 0 amide bonds. The van der Waals surface area contributed by atoms with Crippen molar-refractivity contribution in [1.29, 1.82) is 5.26 Å². The van der Waals surface area contributed by atoms with Gasteiger partial charge in [0.1, 0.15) is 35.2 Å². The predicted octanol–water partition coefficient (Wildman–Crippen LogP) is 3.08. The quantitative estimate of drug-likeness (QED) is 0.290. The van der Waals surface area contributed by atoms with Gasteiger partial charge in [0.05, 0.1) is 12.1 Å². The lowest BCUT2D eigenvalue weighted by Crippen LogP contribution is -2.44. The first-order valence-corrected chi connectivity index (χ1v) is 11.7. The number of pyridine rings is 1. The number of fused-ring (bicyclic) bond motifs is 1. The number of aldehydes is 1. The van der Waals surface area contributed by atoms with Crippen LogP contribution in [-0.4, -0.2) is 67.3 Å². The smallest absolute Gasteiger partial charge is 0.245 e. The van der Waals surface area contributed by atoms with Crippen molar-refractivity contribution in [3.05, 3.63) is 60.0 Å². The van der Waals surface area contributed by atoms with Crippen molar-refractivity contribution < 1.29 is 19.1 Å². The molecule has 0 aliphatic carbocycles. The Labute approximate surface area is 211 Å². The first-order valence-electron chi connectivity index (χ1n) is 11.7. The molecule has 3 aromatic heterocycles. The van der Waals surface area contributed by atoms with E-state index in [1.165, 1.54) is 18.2 Å². The van der Waals surface area contributed by atoms with E-state index in [-0.39, 0.29) is 52.5 Å². The fourth-order valence-corrected chi connectivity index (χ4v) is 4.47. The summed E-state index contributed by atoms with van der Waals surface area (Å²) in [5, 5.41) is 27.0. The second-order valence-corrected chi connectivity index (χ2v) is 8.81. The maximum Gasteiger partial charge on any atom is 0.245 e. The molecular weight excluding hydrogens is 477 g/mol. The van der Waals surface area contributed by atoms with E-state index < -0.39 is 11.6 Å². The molecule has 1 aromatic carbocycles. The maximum atomic E-state index is 15.9. The van der Waals surface area contributed by atoms with E-state index in [1.807, 2.05) is 17.0 Å². The molecule has 2 N–H and O–H groups in total. The summed E-state index contributed by atoms with van der Waals surface area (Å²) in [5.41, 5.74) is 1.17. The third-order valence-corrected chi connectivity index (χ3v) is 6.21. The number of hydrogen-bond donors (Lipinski definition) is 2. The summed E-state index contributed by atoms with van der Waals surface area (Å²) in [6.45, 7) is 1.20. The Hall–Kier alpha value is -4.69. The molecule has 1 saturated heterocycles. The van der Waals surface area contributed by atoms with E-state index in [1.54, 1.807) is 28.9 Å². The van der Waals surface area contributed by atoms with Crippen molar-refractivity contribution in [2.75, 3.05) is 25.0 Å². The van der Waals surface area contributed by atoms with Crippen LogP contribution >= 0.6 is 0 Å². The van der Waals surface area contributed by atoms with E-state index in [9.17, 15) is 14.7 Å². The van der Waals surface area contributed by atoms with Crippen molar-refractivity contribution in [1.82, 2.24) is 24.5 Å². The molecule has 1 fully saturated rings. The first kappa shape index (κ1) is 24.0. The van der Waals surface area contributed by atoms with Gasteiger partial charge in [-0.15, -0.1) is 0 Å². The number of Topliss-reactive ketones (excluding diaryl/α,β-unsaturated/α-hetero) is 1. The zero-order valence-corrected chi connectivity index (χ0v) is 19.6. The highest BCUT2D eigenvalue weighted by Crippen LogP contribution is 2.35. The fourth-order valence-electron chi connectivity index (χ4n) is 4.47. The summed E-state index contributed by atoms with van der Waals surface area (Å²) in [6, 6.07) is 12.8. The number of phenolic OH excluding ortho intramolecular Hbond substituents is 1. The fraction of sp³-hybridized carbons (Fsp3) is 0.231. The van der Waals surface area contributed by atoms with Crippen molar-refractivity contribution in [2.45, 2.75) is 18.9 Å². The van der Waals surface area contributed by atoms with Gasteiger partial charge in [0, 0.05) is 29.9 Å². The van der Waals surface area contributed by atoms with Gasteiger partial charge in [0.25, 0.3) is 0 Å². The minimum Gasteiger partial charge on any atom is -0.507 e. The second kappa shape index (κ2) is 10.1. The molecule has 4 aromatic rings. The summed E-state index contributed by atoms with van der Waals surface area (Å²) in [7, 11) is 0. The number of carbonyl (C=O) groups is 2. The molecule has 37 heavy (non-hydrogen) atoms. The van der Waals surface area contributed by atoms with Gasteiger partial charge in [-0.1, -0.05) is 12.1 Å². The molecule has 0 radical (unpaired) electrons. The maximum absolute atomic E-state index is 15.9. The van der Waals surface area contributed by atoms with Crippen LogP contribution in [0, 0.1) is 17.1 Å². The van der Waals surface area contributed by atoms with Gasteiger partial charge >= 0.3 is 0 Å². The molecule has 11 heteroatoms. The van der Waals surface area contributed by atoms with Crippen LogP contribution in [0.1, 0.15) is 23.2 Å². The van der Waals surface area contributed by atoms with Gasteiger partial charge in [-0.05, 0) is 49.7 Å². The predicted molar refractivity (Wildman–Crippen MR) is 132 cm³/mol. The number of halogens is 1. The molecule has 0 unspecified atom stereocenters. The highest BCUT2D eigenvalue weighted by molar-refractivity contribution is 5.94. The van der Waals surface area contributed by atoms with Gasteiger partial charge < -0.3 is 10.4 Å². The Kier molecular flexibility index (Phi) is 6.57. The Morgan fingerprint density at radius 2 is 2.08 bits per heavy atom. The number of aromatic hydroxyl groups is 1. The second-order valence-electron chi connectivity index (χ2n) is 8.81. The molecule has 5 rings (SSSR count). The number of hydrogen-bond acceptors (Lipinski definition) is 9. The topological polar surface area (TPSA) is 137 Å². The van der Waals surface area contributed by atoms with E-state index >= 15 is 4.39 Å². The van der Waals surface area contributed by atoms with Crippen LogP contribution in [0.4, 0.5) is 10.3 Å². The van der Waals surface area contributed by atoms with Crippen molar-refractivity contribution in [3.63, 3.8) is 0 Å². The normalized spacial score (nSPS) is 15.8. The van der Waals surface area contributed by atoms with Gasteiger partial charge in [-0.25, -0.2) is 18.9 Å². The summed E-state index contributed by atoms with van der Waals surface area (Å²) < 4.78 is 17.5. The van der Waals surface area contributed by atoms with Crippen LogP contribution in [0.25, 0.3) is 28.2 Å². The number of ketones is 1. The summed E-state index contributed by atoms with van der Waals surface area (Å²) >= 11 is 0. The average molecular weight is 500 g/mol. The summed E-state index contributed by atoms with van der Waals surface area (Å²) in [4.78, 5) is 33.4. The number of anilines is 1. The van der Waals surface area contributed by atoms with E-state index in [0.29, 0.717) is 19.4 Å². The van der Waals surface area contributed by atoms with Crippen LogP contribution in [0.3, 0.4) is 0 Å². The number of phenols is 1. The number of carbonyl (C=O) groups excluding carboxylic acids is 2. The van der Waals surface area contributed by atoms with Crippen LogP contribution < -0.4 is 5.32 Å². The third kappa shape index (κ3) is 5.00. The third-order valence-electron chi connectivity index (χ3n) is 6.21. The van der Waals surface area contributed by atoms with Gasteiger partial charge in [-0.3, -0.25) is 14.5 Å². The van der Waals surface area contributed by atoms with Gasteiger partial charge in [0.15, 0.2) is 5.82 Å². The lowest BCUT2D eigenvalue weighted by molar-refractivity contribution is -0.115. The zero-order chi connectivity index (χ0) is 25.9. The van der Waals surface area contributed by atoms with Crippen molar-refractivity contribution in [2.24, 2.45) is 0 Å². The number of nitriles is 1. The number of aromatic nitrogens is 4. The molecular formula is C26H22FN7O3. The summed E-state index contributed by atoms with van der Waals surface area (Å²) in [6.07, 6.45) is 3.87. The molecule has 10 nitrogen and oxygen atoms in total.